The maximum absolute atomic E-state index is 12.8. The quantitative estimate of drug-likeness (QED) is 0.634. The number of rotatable bonds is 8. The lowest BCUT2D eigenvalue weighted by Crippen LogP contribution is -2.40. The van der Waals surface area contributed by atoms with Gasteiger partial charge in [0.2, 0.25) is 11.8 Å². The molecule has 0 N–H and O–H groups in total. The Morgan fingerprint density at radius 1 is 1.19 bits per heavy atom. The van der Waals surface area contributed by atoms with Crippen LogP contribution in [0.25, 0.3) is 0 Å². The van der Waals surface area contributed by atoms with E-state index >= 15 is 0 Å². The Hall–Kier alpha value is -2.80. The molecule has 7 nitrogen and oxygen atoms in total. The van der Waals surface area contributed by atoms with E-state index in [4.69, 9.17) is 14.7 Å². The number of likely N-dealkylation sites (tertiary alicyclic amines) is 1. The Balaban J connectivity index is 1.53. The molecule has 4 rings (SSSR count). The normalized spacial score (nSPS) is 18.2. The molecule has 1 fully saturated rings. The lowest BCUT2D eigenvalue weighted by Gasteiger charge is -2.35. The van der Waals surface area contributed by atoms with Crippen molar-refractivity contribution in [2.75, 3.05) is 31.7 Å². The first-order chi connectivity index (χ1) is 15.6. The smallest absolute Gasteiger partial charge is 0.232 e. The second-order valence-corrected chi connectivity index (χ2v) is 8.62. The zero-order valence-corrected chi connectivity index (χ0v) is 19.0. The van der Waals surface area contributed by atoms with E-state index in [1.165, 1.54) is 5.56 Å². The number of aromatic nitrogens is 2. The van der Waals surface area contributed by atoms with Gasteiger partial charge in [-0.15, -0.1) is 0 Å². The van der Waals surface area contributed by atoms with Gasteiger partial charge in [-0.2, -0.15) is 0 Å². The minimum Gasteiger partial charge on any atom is -0.384 e. The Bertz CT molecular complexity index is 963. The summed E-state index contributed by atoms with van der Waals surface area (Å²) in [7, 11) is 1.61. The van der Waals surface area contributed by atoms with Crippen LogP contribution >= 0.6 is 0 Å². The third kappa shape index (κ3) is 4.83. The number of hydrogen-bond donors (Lipinski definition) is 0. The van der Waals surface area contributed by atoms with Gasteiger partial charge in [-0.25, -0.2) is 9.97 Å². The van der Waals surface area contributed by atoms with E-state index in [2.05, 4.69) is 12.1 Å². The second-order valence-electron chi connectivity index (χ2n) is 8.62. The number of piperidine rings is 1. The molecule has 1 unspecified atom stereocenters. The molecule has 170 valence electrons. The van der Waals surface area contributed by atoms with Gasteiger partial charge in [-0.3, -0.25) is 14.5 Å². The number of carbonyl (C=O) groups excluding carboxylic acids is 2. The van der Waals surface area contributed by atoms with Gasteiger partial charge in [-0.05, 0) is 44.6 Å². The van der Waals surface area contributed by atoms with Crippen LogP contribution in [0.3, 0.4) is 0 Å². The summed E-state index contributed by atoms with van der Waals surface area (Å²) in [4.78, 5) is 38.9. The molecule has 0 bridgehead atoms. The minimum atomic E-state index is -0.140. The molecule has 2 aromatic rings. The summed E-state index contributed by atoms with van der Waals surface area (Å²) < 4.78 is 5.10. The molecule has 0 saturated carbocycles. The second kappa shape index (κ2) is 10.2. The lowest BCUT2D eigenvalue weighted by atomic mass is 10.0. The van der Waals surface area contributed by atoms with Gasteiger partial charge in [-0.1, -0.05) is 30.3 Å². The first kappa shape index (κ1) is 22.4. The van der Waals surface area contributed by atoms with E-state index in [0.717, 1.165) is 49.2 Å². The number of nitrogens with zero attached hydrogens (tertiary/aromatic N) is 4. The Morgan fingerprint density at radius 3 is 2.78 bits per heavy atom. The molecule has 3 heterocycles. The fourth-order valence-electron chi connectivity index (χ4n) is 4.69. The fraction of sp³-hybridized carbons (Fsp3) is 0.520. The van der Waals surface area contributed by atoms with Crippen molar-refractivity contribution in [2.24, 2.45) is 0 Å². The monoisotopic (exact) mass is 436 g/mol. The van der Waals surface area contributed by atoms with E-state index in [1.807, 2.05) is 34.9 Å². The van der Waals surface area contributed by atoms with Gasteiger partial charge in [0.15, 0.2) is 5.82 Å². The minimum absolute atomic E-state index is 0.0779. The van der Waals surface area contributed by atoms with E-state index in [0.29, 0.717) is 38.4 Å². The zero-order chi connectivity index (χ0) is 22.5. The summed E-state index contributed by atoms with van der Waals surface area (Å²) in [6.07, 6.45) is 5.38. The van der Waals surface area contributed by atoms with Gasteiger partial charge < -0.3 is 9.64 Å². The van der Waals surface area contributed by atoms with E-state index in [1.54, 1.807) is 7.11 Å². The fourth-order valence-corrected chi connectivity index (χ4v) is 4.69. The summed E-state index contributed by atoms with van der Waals surface area (Å²) in [5.74, 6) is 1.56. The number of carbonyl (C=O) groups is 2. The predicted octanol–water partition coefficient (Wildman–Crippen LogP) is 3.40. The SMILES string of the molecule is COCCC(=O)N1CCCCC1c1nc(C)c2c(n1)N(CCCc1ccccc1)C(=O)C2. The molecule has 2 amide bonds. The Morgan fingerprint density at radius 2 is 2.00 bits per heavy atom. The zero-order valence-electron chi connectivity index (χ0n) is 19.0. The van der Waals surface area contributed by atoms with E-state index in [-0.39, 0.29) is 17.9 Å². The maximum atomic E-state index is 12.8. The molecule has 7 heteroatoms. The summed E-state index contributed by atoms with van der Waals surface area (Å²) in [6, 6.07) is 10.2. The molecule has 0 radical (unpaired) electrons. The molecular formula is C25H32N4O3. The largest absolute Gasteiger partial charge is 0.384 e. The van der Waals surface area contributed by atoms with Gasteiger partial charge in [0, 0.05) is 31.5 Å². The number of amides is 2. The van der Waals surface area contributed by atoms with Crippen LogP contribution in [-0.2, 0) is 27.2 Å². The maximum Gasteiger partial charge on any atom is 0.232 e. The van der Waals surface area contributed by atoms with Crippen LogP contribution in [0.2, 0.25) is 0 Å². The van der Waals surface area contributed by atoms with Crippen LogP contribution in [0.4, 0.5) is 5.82 Å². The molecule has 1 atom stereocenters. The van der Waals surface area contributed by atoms with Gasteiger partial charge in [0.05, 0.1) is 25.5 Å². The number of fused-ring (bicyclic) bond motifs is 1. The summed E-state index contributed by atoms with van der Waals surface area (Å²) in [5.41, 5.74) is 3.04. The standard InChI is InChI=1S/C25H32N4O3/c1-18-20-17-23(31)29(15-8-11-19-9-4-3-5-10-19)25(20)27-24(26-18)21-12-6-7-14-28(21)22(30)13-16-32-2/h3-5,9-10,21H,6-8,11-17H2,1-2H3. The van der Waals surface area contributed by atoms with Gasteiger partial charge in [0.1, 0.15) is 5.82 Å². The molecule has 2 aliphatic heterocycles. The van der Waals surface area contributed by atoms with Crippen LogP contribution in [-0.4, -0.2) is 53.5 Å². The van der Waals surface area contributed by atoms with Crippen molar-refractivity contribution in [1.82, 2.24) is 14.9 Å². The van der Waals surface area contributed by atoms with E-state index < -0.39 is 0 Å². The van der Waals surface area contributed by atoms with E-state index in [9.17, 15) is 9.59 Å². The highest BCUT2D eigenvalue weighted by Gasteiger charge is 2.35. The van der Waals surface area contributed by atoms with Crippen molar-refractivity contribution >= 4 is 17.6 Å². The number of hydrogen-bond acceptors (Lipinski definition) is 5. The van der Waals surface area contributed by atoms with Gasteiger partial charge in [0.25, 0.3) is 0 Å². The van der Waals surface area contributed by atoms with Crippen molar-refractivity contribution < 1.29 is 14.3 Å². The Kier molecular flexibility index (Phi) is 7.15. The number of ether oxygens (including phenoxy) is 1. The molecule has 1 aromatic heterocycles. The molecule has 1 saturated heterocycles. The molecular weight excluding hydrogens is 404 g/mol. The topological polar surface area (TPSA) is 75.6 Å². The third-order valence-corrected chi connectivity index (χ3v) is 6.43. The predicted molar refractivity (Wildman–Crippen MR) is 122 cm³/mol. The average Bonchev–Trinajstić information content (AvgIpc) is 3.14. The lowest BCUT2D eigenvalue weighted by molar-refractivity contribution is -0.136. The summed E-state index contributed by atoms with van der Waals surface area (Å²) in [5, 5.41) is 0. The van der Waals surface area contributed by atoms with Crippen molar-refractivity contribution in [3.8, 4) is 0 Å². The van der Waals surface area contributed by atoms with Crippen molar-refractivity contribution in [3.63, 3.8) is 0 Å². The molecule has 2 aliphatic rings. The first-order valence-electron chi connectivity index (χ1n) is 11.6. The number of methoxy groups -OCH3 is 1. The van der Waals surface area contributed by atoms with Crippen LogP contribution in [0.1, 0.15) is 60.8 Å². The third-order valence-electron chi connectivity index (χ3n) is 6.43. The molecule has 1 aromatic carbocycles. The highest BCUT2D eigenvalue weighted by molar-refractivity contribution is 6.00. The highest BCUT2D eigenvalue weighted by atomic mass is 16.5. The molecule has 32 heavy (non-hydrogen) atoms. The van der Waals surface area contributed by atoms with Crippen molar-refractivity contribution in [3.05, 3.63) is 53.0 Å². The average molecular weight is 437 g/mol. The van der Waals surface area contributed by atoms with Crippen molar-refractivity contribution in [2.45, 2.75) is 57.9 Å². The first-order valence-corrected chi connectivity index (χ1v) is 11.6. The number of aryl methyl sites for hydroxylation is 2. The number of anilines is 1. The number of benzene rings is 1. The summed E-state index contributed by atoms with van der Waals surface area (Å²) >= 11 is 0. The molecule has 0 spiro atoms. The van der Waals surface area contributed by atoms with Crippen molar-refractivity contribution in [1.29, 1.82) is 0 Å². The molecule has 0 aliphatic carbocycles. The van der Waals surface area contributed by atoms with Crippen LogP contribution in [0.5, 0.6) is 0 Å². The van der Waals surface area contributed by atoms with Crippen LogP contribution in [0, 0.1) is 6.92 Å². The highest BCUT2D eigenvalue weighted by Crippen LogP contribution is 2.34. The van der Waals surface area contributed by atoms with Gasteiger partial charge >= 0.3 is 0 Å². The van der Waals surface area contributed by atoms with Crippen LogP contribution < -0.4 is 4.90 Å². The Labute approximate surface area is 189 Å². The van der Waals surface area contributed by atoms with Crippen LogP contribution in [0.15, 0.2) is 30.3 Å². The summed E-state index contributed by atoms with van der Waals surface area (Å²) in [6.45, 7) is 3.71.